The lowest BCUT2D eigenvalue weighted by Crippen LogP contribution is -1.92. The fourth-order valence-electron chi connectivity index (χ4n) is 1.95. The number of aryl methyl sites for hydroxylation is 2. The summed E-state index contributed by atoms with van der Waals surface area (Å²) in [4.78, 5) is 0. The van der Waals surface area contributed by atoms with Crippen molar-refractivity contribution in [1.82, 2.24) is 0 Å². The van der Waals surface area contributed by atoms with E-state index in [1.807, 2.05) is 6.07 Å². The Morgan fingerprint density at radius 1 is 1.22 bits per heavy atom. The van der Waals surface area contributed by atoms with Crippen LogP contribution in [0.1, 0.15) is 18.1 Å². The molecule has 0 spiro atoms. The molecule has 0 unspecified atom stereocenters. The summed E-state index contributed by atoms with van der Waals surface area (Å²) in [7, 11) is 1.69. The van der Waals surface area contributed by atoms with Gasteiger partial charge in [0.2, 0.25) is 0 Å². The molecule has 0 saturated heterocycles. The number of rotatable bonds is 3. The second-order valence-electron chi connectivity index (χ2n) is 4.29. The highest BCUT2D eigenvalue weighted by molar-refractivity contribution is 9.10. The van der Waals surface area contributed by atoms with E-state index in [0.717, 1.165) is 27.8 Å². The van der Waals surface area contributed by atoms with Crippen molar-refractivity contribution < 1.29 is 4.74 Å². The zero-order valence-electron chi connectivity index (χ0n) is 10.9. The van der Waals surface area contributed by atoms with E-state index in [4.69, 9.17) is 4.74 Å². The highest BCUT2D eigenvalue weighted by Crippen LogP contribution is 2.36. The molecular weight excluding hydrogens is 288 g/mol. The van der Waals surface area contributed by atoms with Crippen LogP contribution in [0.15, 0.2) is 34.8 Å². The van der Waals surface area contributed by atoms with Crippen molar-refractivity contribution in [3.05, 3.63) is 52.0 Å². The molecular formula is C16H16BrO. The minimum absolute atomic E-state index is 0.790. The van der Waals surface area contributed by atoms with Crippen molar-refractivity contribution in [2.75, 3.05) is 7.11 Å². The first-order valence-corrected chi connectivity index (χ1v) is 6.80. The predicted molar refractivity (Wildman–Crippen MR) is 79.1 cm³/mol. The molecule has 0 saturated carbocycles. The second-order valence-corrected chi connectivity index (χ2v) is 5.15. The van der Waals surface area contributed by atoms with Crippen LogP contribution in [0.2, 0.25) is 0 Å². The Morgan fingerprint density at radius 3 is 2.67 bits per heavy atom. The Bertz CT molecular complexity index is 561. The summed E-state index contributed by atoms with van der Waals surface area (Å²) in [5.41, 5.74) is 4.74. The molecule has 0 aliphatic rings. The number of hydrogen-bond acceptors (Lipinski definition) is 1. The minimum Gasteiger partial charge on any atom is -0.495 e. The first kappa shape index (κ1) is 13.2. The van der Waals surface area contributed by atoms with Crippen LogP contribution in [-0.4, -0.2) is 7.11 Å². The lowest BCUT2D eigenvalue weighted by atomic mass is 9.99. The van der Waals surface area contributed by atoms with Gasteiger partial charge >= 0.3 is 0 Å². The van der Waals surface area contributed by atoms with Crippen LogP contribution in [0.3, 0.4) is 0 Å². The zero-order chi connectivity index (χ0) is 13.1. The van der Waals surface area contributed by atoms with Crippen molar-refractivity contribution in [1.29, 1.82) is 0 Å². The number of ether oxygens (including phenoxy) is 1. The van der Waals surface area contributed by atoms with Gasteiger partial charge in [0.1, 0.15) is 5.75 Å². The molecule has 0 bridgehead atoms. The first-order chi connectivity index (χ1) is 8.65. The highest BCUT2D eigenvalue weighted by atomic mass is 79.9. The van der Waals surface area contributed by atoms with Crippen molar-refractivity contribution in [3.63, 3.8) is 0 Å². The smallest absolute Gasteiger partial charge is 0.134 e. The fourth-order valence-corrected chi connectivity index (χ4v) is 2.41. The predicted octanol–water partition coefficient (Wildman–Crippen LogP) is 4.80. The van der Waals surface area contributed by atoms with E-state index < -0.39 is 0 Å². The summed E-state index contributed by atoms with van der Waals surface area (Å²) in [6, 6.07) is 13.7. The number of methoxy groups -OCH3 is 1. The number of halogens is 1. The largest absolute Gasteiger partial charge is 0.495 e. The van der Waals surface area contributed by atoms with Crippen LogP contribution >= 0.6 is 15.9 Å². The monoisotopic (exact) mass is 303 g/mol. The van der Waals surface area contributed by atoms with E-state index >= 15 is 0 Å². The molecule has 0 heterocycles. The van der Waals surface area contributed by atoms with Gasteiger partial charge in [0, 0.05) is 16.1 Å². The molecule has 93 valence electrons. The summed E-state index contributed by atoms with van der Waals surface area (Å²) in [6.07, 6.45) is 0.997. The Balaban J connectivity index is 2.64. The van der Waals surface area contributed by atoms with Gasteiger partial charge in [-0.25, -0.2) is 0 Å². The maximum atomic E-state index is 5.42. The molecule has 2 heteroatoms. The van der Waals surface area contributed by atoms with Crippen LogP contribution in [0.5, 0.6) is 5.75 Å². The van der Waals surface area contributed by atoms with Crippen LogP contribution in [0, 0.1) is 13.0 Å². The molecule has 0 fully saturated rings. The maximum absolute atomic E-state index is 5.42. The van der Waals surface area contributed by atoms with Crippen LogP contribution < -0.4 is 4.74 Å². The van der Waals surface area contributed by atoms with Gasteiger partial charge in [-0.05, 0) is 42.7 Å². The molecule has 0 atom stereocenters. The van der Waals surface area contributed by atoms with Crippen molar-refractivity contribution in [2.45, 2.75) is 20.3 Å². The lowest BCUT2D eigenvalue weighted by molar-refractivity contribution is 0.415. The number of hydrogen-bond donors (Lipinski definition) is 0. The van der Waals surface area contributed by atoms with Gasteiger partial charge in [0.05, 0.1) is 7.11 Å². The third-order valence-corrected chi connectivity index (χ3v) is 3.68. The molecule has 1 nitrogen and oxygen atoms in total. The minimum atomic E-state index is 0.790. The van der Waals surface area contributed by atoms with Crippen molar-refractivity contribution in [2.24, 2.45) is 0 Å². The van der Waals surface area contributed by atoms with Gasteiger partial charge in [-0.1, -0.05) is 40.5 Å². The topological polar surface area (TPSA) is 9.23 Å². The summed E-state index contributed by atoms with van der Waals surface area (Å²) < 4.78 is 6.49. The van der Waals surface area contributed by atoms with Crippen molar-refractivity contribution >= 4 is 15.9 Å². The van der Waals surface area contributed by atoms with E-state index in [-0.39, 0.29) is 0 Å². The van der Waals surface area contributed by atoms with Gasteiger partial charge in [-0.15, -0.1) is 0 Å². The SMILES string of the molecule is CCc1c[c]c(OC)c(-c2cc(C)ccc2Br)c1. The molecule has 2 aromatic rings. The van der Waals surface area contributed by atoms with E-state index in [0.29, 0.717) is 0 Å². The summed E-state index contributed by atoms with van der Waals surface area (Å²) in [5.74, 6) is 0.790. The standard InChI is InChI=1S/C16H16BrO/c1-4-12-6-8-16(18-3)14(10-12)13-9-11(2)5-7-15(13)17/h5-7,9-10H,4H2,1-3H3. The molecule has 1 radical (unpaired) electrons. The average Bonchev–Trinajstić information content (AvgIpc) is 2.40. The second kappa shape index (κ2) is 5.57. The number of benzene rings is 2. The van der Waals surface area contributed by atoms with E-state index in [1.54, 1.807) is 7.11 Å². The fraction of sp³-hybridized carbons (Fsp3) is 0.250. The average molecular weight is 304 g/mol. The summed E-state index contributed by atoms with van der Waals surface area (Å²) in [5, 5.41) is 0. The summed E-state index contributed by atoms with van der Waals surface area (Å²) >= 11 is 3.61. The molecule has 0 aliphatic carbocycles. The quantitative estimate of drug-likeness (QED) is 0.792. The van der Waals surface area contributed by atoms with Gasteiger partial charge in [0.15, 0.2) is 0 Å². The van der Waals surface area contributed by atoms with Gasteiger partial charge in [-0.3, -0.25) is 0 Å². The highest BCUT2D eigenvalue weighted by Gasteiger charge is 2.10. The van der Waals surface area contributed by atoms with Crippen LogP contribution in [-0.2, 0) is 6.42 Å². The van der Waals surface area contributed by atoms with E-state index in [9.17, 15) is 0 Å². The first-order valence-electron chi connectivity index (χ1n) is 6.00. The Morgan fingerprint density at radius 2 is 2.00 bits per heavy atom. The molecule has 0 aromatic heterocycles. The van der Waals surface area contributed by atoms with Gasteiger partial charge < -0.3 is 4.74 Å². The lowest BCUT2D eigenvalue weighted by Gasteiger charge is -2.12. The normalized spacial score (nSPS) is 10.4. The van der Waals surface area contributed by atoms with Crippen LogP contribution in [0.4, 0.5) is 0 Å². The molecule has 0 N–H and O–H groups in total. The molecule has 18 heavy (non-hydrogen) atoms. The molecule has 2 aromatic carbocycles. The molecule has 0 amide bonds. The molecule has 0 aliphatic heterocycles. The molecule has 2 rings (SSSR count). The van der Waals surface area contributed by atoms with Gasteiger partial charge in [-0.2, -0.15) is 0 Å². The van der Waals surface area contributed by atoms with Crippen LogP contribution in [0.25, 0.3) is 11.1 Å². The third-order valence-electron chi connectivity index (χ3n) is 2.99. The van der Waals surface area contributed by atoms with E-state index in [2.05, 4.69) is 60.1 Å². The third kappa shape index (κ3) is 2.59. The maximum Gasteiger partial charge on any atom is 0.134 e. The Kier molecular flexibility index (Phi) is 4.07. The Hall–Kier alpha value is -1.28. The Labute approximate surface area is 117 Å². The van der Waals surface area contributed by atoms with Crippen molar-refractivity contribution in [3.8, 4) is 16.9 Å². The summed E-state index contributed by atoms with van der Waals surface area (Å²) in [6.45, 7) is 4.24. The van der Waals surface area contributed by atoms with Gasteiger partial charge in [0.25, 0.3) is 0 Å². The van der Waals surface area contributed by atoms with E-state index in [1.165, 1.54) is 11.1 Å². The zero-order valence-corrected chi connectivity index (χ0v) is 12.5.